The maximum atomic E-state index is 13.5. The third-order valence-corrected chi connectivity index (χ3v) is 5.26. The van der Waals surface area contributed by atoms with Crippen molar-refractivity contribution in [3.63, 3.8) is 0 Å². The topological polar surface area (TPSA) is 62.7 Å². The van der Waals surface area contributed by atoms with E-state index in [4.69, 9.17) is 11.6 Å². The molecule has 0 aliphatic heterocycles. The van der Waals surface area contributed by atoms with Crippen LogP contribution in [-0.4, -0.2) is 21.0 Å². The van der Waals surface area contributed by atoms with Crippen molar-refractivity contribution in [1.29, 1.82) is 0 Å². The molecule has 1 saturated carbocycles. The van der Waals surface area contributed by atoms with Gasteiger partial charge in [-0.15, -0.1) is 0 Å². The van der Waals surface area contributed by atoms with Crippen LogP contribution >= 0.6 is 11.6 Å². The number of anilines is 3. The van der Waals surface area contributed by atoms with Crippen molar-refractivity contribution in [3.05, 3.63) is 59.4 Å². The Morgan fingerprint density at radius 2 is 1.83 bits per heavy atom. The van der Waals surface area contributed by atoms with Gasteiger partial charge in [0.25, 0.3) is 0 Å². The summed E-state index contributed by atoms with van der Waals surface area (Å²) in [4.78, 5) is 13.0. The number of nitrogens with zero attached hydrogens (tertiary/aromatic N) is 3. The van der Waals surface area contributed by atoms with Crippen LogP contribution in [0.1, 0.15) is 31.2 Å². The second-order valence-corrected chi connectivity index (χ2v) is 7.52. The zero-order chi connectivity index (χ0) is 21.1. The maximum Gasteiger partial charge on any atom is 0.418 e. The molecule has 0 bridgehead atoms. The molecule has 3 aromatic rings. The Bertz CT molecular complexity index is 1020. The van der Waals surface area contributed by atoms with Gasteiger partial charge < -0.3 is 10.6 Å². The summed E-state index contributed by atoms with van der Waals surface area (Å²) in [6.07, 6.45) is 2.98. The number of hydrogen-bond donors (Lipinski definition) is 2. The molecule has 2 heterocycles. The van der Waals surface area contributed by atoms with E-state index in [0.717, 1.165) is 37.3 Å². The molecule has 0 saturated heterocycles. The van der Waals surface area contributed by atoms with Gasteiger partial charge in [-0.3, -0.25) is 4.98 Å². The van der Waals surface area contributed by atoms with Gasteiger partial charge in [0.2, 0.25) is 5.95 Å². The molecular weight excluding hydrogens is 415 g/mol. The molecule has 2 N–H and O–H groups in total. The van der Waals surface area contributed by atoms with E-state index < -0.39 is 11.7 Å². The first-order valence-corrected chi connectivity index (χ1v) is 9.97. The van der Waals surface area contributed by atoms with E-state index in [2.05, 4.69) is 25.6 Å². The molecule has 2 aromatic heterocycles. The second kappa shape index (κ2) is 8.47. The van der Waals surface area contributed by atoms with Crippen LogP contribution < -0.4 is 10.6 Å². The summed E-state index contributed by atoms with van der Waals surface area (Å²) in [7, 11) is 0. The third kappa shape index (κ3) is 4.64. The number of alkyl halides is 3. The van der Waals surface area contributed by atoms with Gasteiger partial charge >= 0.3 is 6.18 Å². The molecule has 5 nitrogen and oxygen atoms in total. The molecule has 0 spiro atoms. The Morgan fingerprint density at radius 3 is 2.53 bits per heavy atom. The second-order valence-electron chi connectivity index (χ2n) is 7.11. The average Bonchev–Trinajstić information content (AvgIpc) is 3.22. The number of pyridine rings is 1. The molecular formula is C21H19ClF3N5. The van der Waals surface area contributed by atoms with E-state index in [9.17, 15) is 13.2 Å². The first-order chi connectivity index (χ1) is 14.4. The molecule has 0 unspecified atom stereocenters. The van der Waals surface area contributed by atoms with E-state index in [0.29, 0.717) is 11.6 Å². The van der Waals surface area contributed by atoms with Crippen LogP contribution in [0.3, 0.4) is 0 Å². The van der Waals surface area contributed by atoms with E-state index in [1.807, 2.05) is 6.07 Å². The van der Waals surface area contributed by atoms with E-state index in [1.54, 1.807) is 24.5 Å². The number of nitrogens with one attached hydrogen (secondary N) is 2. The summed E-state index contributed by atoms with van der Waals surface area (Å²) in [6.45, 7) is 0. The summed E-state index contributed by atoms with van der Waals surface area (Å²) < 4.78 is 40.4. The smallest absolute Gasteiger partial charge is 0.351 e. The largest absolute Gasteiger partial charge is 0.418 e. The Morgan fingerprint density at radius 1 is 1.03 bits per heavy atom. The van der Waals surface area contributed by atoms with Crippen LogP contribution in [0.2, 0.25) is 5.02 Å². The third-order valence-electron chi connectivity index (χ3n) is 4.94. The van der Waals surface area contributed by atoms with Crippen LogP contribution in [0.15, 0.2) is 48.8 Å². The fourth-order valence-corrected chi connectivity index (χ4v) is 3.73. The quantitative estimate of drug-likeness (QED) is 0.493. The van der Waals surface area contributed by atoms with Crippen LogP contribution in [-0.2, 0) is 6.18 Å². The SMILES string of the molecule is FC(F)(F)c1cccc(Cl)c1Nc1cc(-c2cccnc2)nc(NC2CCCC2)n1. The number of halogens is 4. The number of para-hydroxylation sites is 1. The normalized spacial score (nSPS) is 14.7. The standard InChI is InChI=1S/C21H19ClF3N5/c22-16-9-3-8-15(21(23,24)25)19(16)29-18-11-17(13-5-4-10-26-12-13)28-20(30-18)27-14-6-1-2-7-14/h3-5,8-12,14H,1-2,6-7H2,(H2,27,28,29,30). The summed E-state index contributed by atoms with van der Waals surface area (Å²) in [5, 5.41) is 6.01. The molecule has 156 valence electrons. The number of hydrogen-bond acceptors (Lipinski definition) is 5. The fraction of sp³-hybridized carbons (Fsp3) is 0.286. The molecule has 0 radical (unpaired) electrons. The van der Waals surface area contributed by atoms with Crippen LogP contribution in [0, 0.1) is 0 Å². The molecule has 1 aliphatic carbocycles. The monoisotopic (exact) mass is 433 g/mol. The van der Waals surface area contributed by atoms with Gasteiger partial charge in [-0.1, -0.05) is 30.5 Å². The highest BCUT2D eigenvalue weighted by Crippen LogP contribution is 2.40. The van der Waals surface area contributed by atoms with Crippen molar-refractivity contribution in [2.75, 3.05) is 10.6 Å². The minimum Gasteiger partial charge on any atom is -0.351 e. The van der Waals surface area contributed by atoms with Crippen LogP contribution in [0.25, 0.3) is 11.3 Å². The Kier molecular flexibility index (Phi) is 5.76. The summed E-state index contributed by atoms with van der Waals surface area (Å²) in [5.74, 6) is 0.564. The zero-order valence-corrected chi connectivity index (χ0v) is 16.6. The molecule has 1 fully saturated rings. The van der Waals surface area contributed by atoms with Gasteiger partial charge in [0.15, 0.2) is 0 Å². The highest BCUT2D eigenvalue weighted by molar-refractivity contribution is 6.33. The number of benzene rings is 1. The minimum atomic E-state index is -4.56. The van der Waals surface area contributed by atoms with Crippen molar-refractivity contribution in [1.82, 2.24) is 15.0 Å². The number of aromatic nitrogens is 3. The highest BCUT2D eigenvalue weighted by atomic mass is 35.5. The lowest BCUT2D eigenvalue weighted by Gasteiger charge is -2.18. The zero-order valence-electron chi connectivity index (χ0n) is 15.9. The molecule has 1 aliphatic rings. The molecule has 1 aromatic carbocycles. The van der Waals surface area contributed by atoms with E-state index in [1.165, 1.54) is 12.1 Å². The first-order valence-electron chi connectivity index (χ1n) is 9.59. The summed E-state index contributed by atoms with van der Waals surface area (Å²) >= 11 is 6.09. The van der Waals surface area contributed by atoms with Gasteiger partial charge in [0, 0.05) is 30.1 Å². The van der Waals surface area contributed by atoms with E-state index in [-0.39, 0.29) is 22.6 Å². The van der Waals surface area contributed by atoms with Gasteiger partial charge in [-0.05, 0) is 37.1 Å². The first kappa shape index (κ1) is 20.4. The van der Waals surface area contributed by atoms with Crippen molar-refractivity contribution in [3.8, 4) is 11.3 Å². The van der Waals surface area contributed by atoms with Gasteiger partial charge in [0.05, 0.1) is 22.0 Å². The predicted molar refractivity (Wildman–Crippen MR) is 111 cm³/mol. The van der Waals surface area contributed by atoms with Crippen molar-refractivity contribution in [2.45, 2.75) is 37.9 Å². The van der Waals surface area contributed by atoms with E-state index >= 15 is 0 Å². The lowest BCUT2D eigenvalue weighted by atomic mass is 10.1. The van der Waals surface area contributed by atoms with Crippen LogP contribution in [0.4, 0.5) is 30.6 Å². The molecule has 9 heteroatoms. The molecule has 4 rings (SSSR count). The fourth-order valence-electron chi connectivity index (χ4n) is 3.51. The van der Waals surface area contributed by atoms with Gasteiger partial charge in [-0.2, -0.15) is 18.2 Å². The summed E-state index contributed by atoms with van der Waals surface area (Å²) in [5.41, 5.74) is 0.172. The van der Waals surface area contributed by atoms with Crippen molar-refractivity contribution in [2.24, 2.45) is 0 Å². The Balaban J connectivity index is 1.74. The lowest BCUT2D eigenvalue weighted by Crippen LogP contribution is -2.17. The predicted octanol–water partition coefficient (Wildman–Crippen LogP) is 6.31. The van der Waals surface area contributed by atoms with Crippen molar-refractivity contribution < 1.29 is 13.2 Å². The maximum absolute atomic E-state index is 13.5. The highest BCUT2D eigenvalue weighted by Gasteiger charge is 2.34. The Labute approximate surface area is 176 Å². The van der Waals surface area contributed by atoms with Gasteiger partial charge in [0.1, 0.15) is 5.82 Å². The van der Waals surface area contributed by atoms with Crippen molar-refractivity contribution >= 4 is 29.1 Å². The molecule has 30 heavy (non-hydrogen) atoms. The molecule has 0 amide bonds. The van der Waals surface area contributed by atoms with Crippen LogP contribution in [0.5, 0.6) is 0 Å². The van der Waals surface area contributed by atoms with Gasteiger partial charge in [-0.25, -0.2) is 4.98 Å². The molecule has 0 atom stereocenters. The average molecular weight is 434 g/mol. The minimum absolute atomic E-state index is 0.0448. The summed E-state index contributed by atoms with van der Waals surface area (Å²) in [6, 6.07) is 9.08. The number of rotatable bonds is 5. The lowest BCUT2D eigenvalue weighted by molar-refractivity contribution is -0.136. The Hall–Kier alpha value is -2.87.